The van der Waals surface area contributed by atoms with Crippen LogP contribution in [-0.2, 0) is 6.42 Å². The highest BCUT2D eigenvalue weighted by Gasteiger charge is 2.15. The van der Waals surface area contributed by atoms with E-state index in [1.807, 2.05) is 30.5 Å². The summed E-state index contributed by atoms with van der Waals surface area (Å²) in [6, 6.07) is 10.1. The van der Waals surface area contributed by atoms with Crippen LogP contribution in [0.2, 0.25) is 0 Å². The molecule has 0 radical (unpaired) electrons. The van der Waals surface area contributed by atoms with Crippen LogP contribution in [0.3, 0.4) is 0 Å². The first-order valence-corrected chi connectivity index (χ1v) is 7.59. The van der Waals surface area contributed by atoms with Crippen molar-refractivity contribution in [1.29, 1.82) is 0 Å². The Morgan fingerprint density at radius 2 is 1.95 bits per heavy atom. The second-order valence-electron chi connectivity index (χ2n) is 5.77. The summed E-state index contributed by atoms with van der Waals surface area (Å²) in [6.07, 6.45) is 2.20. The van der Waals surface area contributed by atoms with E-state index in [0.29, 0.717) is 6.42 Å². The van der Waals surface area contributed by atoms with E-state index >= 15 is 0 Å². The fourth-order valence-electron chi connectivity index (χ4n) is 1.99. The molecule has 0 aliphatic rings. The molecule has 2 aromatic rings. The molecule has 2 rings (SSSR count). The van der Waals surface area contributed by atoms with E-state index in [0.717, 1.165) is 16.7 Å². The molecule has 0 aliphatic carbocycles. The largest absolute Gasteiger partial charge is 0.392 e. The normalized spacial score (nSPS) is 13.7. The molecule has 19 heavy (non-hydrogen) atoms. The van der Waals surface area contributed by atoms with Gasteiger partial charge in [0.25, 0.3) is 0 Å². The maximum Gasteiger partial charge on any atom is 0.0704 e. The Morgan fingerprint density at radius 1 is 1.21 bits per heavy atom. The minimum atomic E-state index is -0.310. The molecule has 1 atom stereocenters. The Kier molecular flexibility index (Phi) is 4.48. The van der Waals surface area contributed by atoms with Crippen molar-refractivity contribution in [1.82, 2.24) is 4.98 Å². The maximum absolute atomic E-state index is 10.2. The number of fused-ring (bicyclic) bond motifs is 1. The molecule has 0 amide bonds. The van der Waals surface area contributed by atoms with E-state index in [2.05, 4.69) is 31.8 Å². The highest BCUT2D eigenvalue weighted by molar-refractivity contribution is 8.00. The Balaban J connectivity index is 2.09. The van der Waals surface area contributed by atoms with Crippen molar-refractivity contribution in [3.63, 3.8) is 0 Å². The Bertz CT molecular complexity index is 542. The summed E-state index contributed by atoms with van der Waals surface area (Å²) >= 11 is 1.80. The van der Waals surface area contributed by atoms with Crippen LogP contribution in [0.5, 0.6) is 0 Å². The number of hydrogen-bond acceptors (Lipinski definition) is 3. The number of aliphatic hydroxyl groups excluding tert-OH is 1. The van der Waals surface area contributed by atoms with Crippen LogP contribution in [0.25, 0.3) is 10.9 Å². The smallest absolute Gasteiger partial charge is 0.0704 e. The van der Waals surface area contributed by atoms with Crippen molar-refractivity contribution < 1.29 is 5.11 Å². The van der Waals surface area contributed by atoms with Crippen LogP contribution < -0.4 is 0 Å². The summed E-state index contributed by atoms with van der Waals surface area (Å²) in [6.45, 7) is 6.52. The standard InChI is InChI=1S/C16H21NOS/c1-16(2,3)19-11-13(18)10-12-8-9-17-15-7-5-4-6-14(12)15/h4-9,13,18H,10-11H2,1-3H3. The lowest BCUT2D eigenvalue weighted by molar-refractivity contribution is 0.200. The highest BCUT2D eigenvalue weighted by atomic mass is 32.2. The summed E-state index contributed by atoms with van der Waals surface area (Å²) in [7, 11) is 0. The lowest BCUT2D eigenvalue weighted by atomic mass is 10.0. The number of aliphatic hydroxyl groups is 1. The third-order valence-electron chi connectivity index (χ3n) is 2.90. The number of benzene rings is 1. The first kappa shape index (κ1) is 14.4. The molecule has 0 bridgehead atoms. The number of rotatable bonds is 4. The van der Waals surface area contributed by atoms with Crippen LogP contribution >= 0.6 is 11.8 Å². The fraction of sp³-hybridized carbons (Fsp3) is 0.438. The van der Waals surface area contributed by atoms with Crippen molar-refractivity contribution in [2.24, 2.45) is 0 Å². The van der Waals surface area contributed by atoms with Crippen LogP contribution in [0.1, 0.15) is 26.3 Å². The van der Waals surface area contributed by atoms with Crippen molar-refractivity contribution in [3.8, 4) is 0 Å². The quantitative estimate of drug-likeness (QED) is 0.924. The molecule has 1 aromatic carbocycles. The monoisotopic (exact) mass is 275 g/mol. The van der Waals surface area contributed by atoms with Gasteiger partial charge < -0.3 is 5.11 Å². The zero-order valence-corrected chi connectivity index (χ0v) is 12.6. The minimum Gasteiger partial charge on any atom is -0.392 e. The molecule has 0 fully saturated rings. The van der Waals surface area contributed by atoms with Gasteiger partial charge in [0.1, 0.15) is 0 Å². The molecule has 0 aliphatic heterocycles. The van der Waals surface area contributed by atoms with Gasteiger partial charge in [-0.25, -0.2) is 0 Å². The molecule has 3 heteroatoms. The molecular weight excluding hydrogens is 254 g/mol. The van der Waals surface area contributed by atoms with Crippen molar-refractivity contribution in [2.45, 2.75) is 38.0 Å². The number of thioether (sulfide) groups is 1. The molecule has 102 valence electrons. The molecule has 0 spiro atoms. The van der Waals surface area contributed by atoms with Gasteiger partial charge in [0.05, 0.1) is 11.6 Å². The van der Waals surface area contributed by atoms with Gasteiger partial charge in [-0.05, 0) is 24.1 Å². The Labute approximate surface area is 119 Å². The van der Waals surface area contributed by atoms with Crippen molar-refractivity contribution >= 4 is 22.7 Å². The number of aromatic nitrogens is 1. The summed E-state index contributed by atoms with van der Waals surface area (Å²) in [5, 5.41) is 11.3. The van der Waals surface area contributed by atoms with Gasteiger partial charge in [-0.1, -0.05) is 39.0 Å². The minimum absolute atomic E-state index is 0.196. The zero-order chi connectivity index (χ0) is 13.9. The molecule has 1 unspecified atom stereocenters. The average Bonchev–Trinajstić information content (AvgIpc) is 2.36. The van der Waals surface area contributed by atoms with E-state index in [-0.39, 0.29) is 10.9 Å². The third-order valence-corrected chi connectivity index (χ3v) is 4.32. The van der Waals surface area contributed by atoms with Gasteiger partial charge in [0.2, 0.25) is 0 Å². The predicted octanol–water partition coefficient (Wildman–Crippen LogP) is 3.67. The fourth-order valence-corrected chi connectivity index (χ4v) is 2.80. The number of para-hydroxylation sites is 1. The van der Waals surface area contributed by atoms with Crippen LogP contribution in [0.4, 0.5) is 0 Å². The first-order valence-electron chi connectivity index (χ1n) is 6.60. The van der Waals surface area contributed by atoms with E-state index in [1.54, 1.807) is 11.8 Å². The summed E-state index contributed by atoms with van der Waals surface area (Å²) in [5.41, 5.74) is 2.17. The molecule has 1 N–H and O–H groups in total. The van der Waals surface area contributed by atoms with Crippen LogP contribution in [0, 0.1) is 0 Å². The van der Waals surface area contributed by atoms with Crippen molar-refractivity contribution in [2.75, 3.05) is 5.75 Å². The molecular formula is C16H21NOS. The van der Waals surface area contributed by atoms with Gasteiger partial charge in [-0.15, -0.1) is 0 Å². The Morgan fingerprint density at radius 3 is 2.68 bits per heavy atom. The summed E-state index contributed by atoms with van der Waals surface area (Å²) < 4.78 is 0.196. The SMILES string of the molecule is CC(C)(C)SCC(O)Cc1ccnc2ccccc12. The number of hydrogen-bond donors (Lipinski definition) is 1. The molecule has 1 aromatic heterocycles. The Hall–Kier alpha value is -1.06. The molecule has 0 saturated carbocycles. The lowest BCUT2D eigenvalue weighted by Crippen LogP contribution is -2.19. The van der Waals surface area contributed by atoms with Crippen LogP contribution in [-0.4, -0.2) is 26.7 Å². The van der Waals surface area contributed by atoms with Gasteiger partial charge in [0, 0.05) is 22.1 Å². The number of nitrogens with zero attached hydrogens (tertiary/aromatic N) is 1. The third kappa shape index (κ3) is 4.22. The summed E-state index contributed by atoms with van der Waals surface area (Å²) in [5.74, 6) is 0.764. The first-order chi connectivity index (χ1) is 8.96. The number of pyridine rings is 1. The summed E-state index contributed by atoms with van der Waals surface area (Å²) in [4.78, 5) is 4.35. The van der Waals surface area contributed by atoms with E-state index in [9.17, 15) is 5.11 Å². The topological polar surface area (TPSA) is 33.1 Å². The second kappa shape index (κ2) is 5.93. The molecule has 1 heterocycles. The van der Waals surface area contributed by atoms with Gasteiger partial charge >= 0.3 is 0 Å². The molecule has 0 saturated heterocycles. The van der Waals surface area contributed by atoms with Gasteiger partial charge in [-0.3, -0.25) is 4.98 Å². The zero-order valence-electron chi connectivity index (χ0n) is 11.8. The van der Waals surface area contributed by atoms with E-state index in [4.69, 9.17) is 0 Å². The second-order valence-corrected chi connectivity index (χ2v) is 7.62. The van der Waals surface area contributed by atoms with Crippen molar-refractivity contribution in [3.05, 3.63) is 42.1 Å². The highest BCUT2D eigenvalue weighted by Crippen LogP contribution is 2.25. The van der Waals surface area contributed by atoms with E-state index < -0.39 is 0 Å². The van der Waals surface area contributed by atoms with E-state index in [1.165, 1.54) is 5.56 Å². The average molecular weight is 275 g/mol. The van der Waals surface area contributed by atoms with Crippen LogP contribution in [0.15, 0.2) is 36.5 Å². The van der Waals surface area contributed by atoms with Gasteiger partial charge in [-0.2, -0.15) is 11.8 Å². The molecule has 2 nitrogen and oxygen atoms in total. The predicted molar refractivity (Wildman–Crippen MR) is 83.7 cm³/mol. The van der Waals surface area contributed by atoms with Gasteiger partial charge in [0.15, 0.2) is 0 Å². The maximum atomic E-state index is 10.2. The lowest BCUT2D eigenvalue weighted by Gasteiger charge is -2.20.